The number of Topliss-reactive ketones (excluding diaryl/α,β-unsaturated/α-hetero) is 1. The summed E-state index contributed by atoms with van der Waals surface area (Å²) in [6, 6.07) is 19.1. The van der Waals surface area contributed by atoms with Gasteiger partial charge in [-0.15, -0.1) is 0 Å². The van der Waals surface area contributed by atoms with Crippen LogP contribution in [0.2, 0.25) is 0 Å². The smallest absolute Gasteiger partial charge is 0.300 e. The summed E-state index contributed by atoms with van der Waals surface area (Å²) in [5.41, 5.74) is 3.42. The third kappa shape index (κ3) is 4.35. The van der Waals surface area contributed by atoms with Crippen LogP contribution in [0, 0.1) is 6.92 Å². The number of carbonyl (C=O) groups excluding carboxylic acids is 2. The molecule has 186 valence electrons. The molecule has 0 aliphatic carbocycles. The van der Waals surface area contributed by atoms with E-state index in [4.69, 9.17) is 9.47 Å². The SMILES string of the molecule is CCOc1ccc(/C(O)=C2\C(=O)C(=O)N(c3ccccc3C)C2c2ccccc2OC)cc1C(C)C. The van der Waals surface area contributed by atoms with Crippen molar-refractivity contribution in [1.82, 2.24) is 0 Å². The van der Waals surface area contributed by atoms with Crippen LogP contribution < -0.4 is 14.4 Å². The molecule has 3 aromatic rings. The fourth-order valence-corrected chi connectivity index (χ4v) is 4.69. The number of methoxy groups -OCH3 is 1. The zero-order valence-corrected chi connectivity index (χ0v) is 21.2. The lowest BCUT2D eigenvalue weighted by Gasteiger charge is -2.27. The first-order valence-corrected chi connectivity index (χ1v) is 12.1. The first kappa shape index (κ1) is 25.0. The molecule has 1 unspecified atom stereocenters. The highest BCUT2D eigenvalue weighted by atomic mass is 16.5. The van der Waals surface area contributed by atoms with Crippen LogP contribution in [0.1, 0.15) is 55.0 Å². The normalized spacial score (nSPS) is 17.1. The summed E-state index contributed by atoms with van der Waals surface area (Å²) in [7, 11) is 1.54. The Morgan fingerprint density at radius 3 is 2.36 bits per heavy atom. The van der Waals surface area contributed by atoms with E-state index < -0.39 is 17.7 Å². The van der Waals surface area contributed by atoms with E-state index in [0.29, 0.717) is 29.2 Å². The summed E-state index contributed by atoms with van der Waals surface area (Å²) < 4.78 is 11.4. The number of aryl methyl sites for hydroxylation is 1. The average Bonchev–Trinajstić information content (AvgIpc) is 3.14. The molecule has 1 atom stereocenters. The number of aliphatic hydroxyl groups excluding tert-OH is 1. The minimum Gasteiger partial charge on any atom is -0.507 e. The van der Waals surface area contributed by atoms with Crippen LogP contribution in [0.4, 0.5) is 5.69 Å². The molecular weight excluding hydrogens is 454 g/mol. The van der Waals surface area contributed by atoms with Crippen LogP contribution in [-0.4, -0.2) is 30.5 Å². The topological polar surface area (TPSA) is 76.1 Å². The van der Waals surface area contributed by atoms with Crippen LogP contribution in [0.25, 0.3) is 5.76 Å². The van der Waals surface area contributed by atoms with Crippen LogP contribution in [0.3, 0.4) is 0 Å². The lowest BCUT2D eigenvalue weighted by atomic mass is 9.92. The molecule has 1 aliphatic heterocycles. The Bertz CT molecular complexity index is 1340. The summed E-state index contributed by atoms with van der Waals surface area (Å²) in [4.78, 5) is 28.4. The second kappa shape index (κ2) is 10.3. The maximum Gasteiger partial charge on any atom is 0.300 e. The summed E-state index contributed by atoms with van der Waals surface area (Å²) in [5.74, 6) is -0.304. The van der Waals surface area contributed by atoms with Crippen LogP contribution in [0.15, 0.2) is 72.3 Å². The molecule has 1 N–H and O–H groups in total. The Kier molecular flexibility index (Phi) is 7.15. The number of benzene rings is 3. The molecule has 1 heterocycles. The molecule has 0 spiro atoms. The number of carbonyl (C=O) groups is 2. The van der Waals surface area contributed by atoms with Crippen molar-refractivity contribution in [3.63, 3.8) is 0 Å². The second-order valence-electron chi connectivity index (χ2n) is 9.04. The largest absolute Gasteiger partial charge is 0.507 e. The Morgan fingerprint density at radius 1 is 1.00 bits per heavy atom. The van der Waals surface area contributed by atoms with Crippen molar-refractivity contribution in [2.24, 2.45) is 0 Å². The van der Waals surface area contributed by atoms with Gasteiger partial charge < -0.3 is 14.6 Å². The first-order chi connectivity index (χ1) is 17.3. The van der Waals surface area contributed by atoms with Crippen LogP contribution in [-0.2, 0) is 9.59 Å². The number of hydrogen-bond acceptors (Lipinski definition) is 5. The standard InChI is InChI=1S/C30H31NO5/c1-6-36-25-16-15-20(17-22(25)18(2)3)28(32)26-27(21-12-8-10-14-24(21)35-5)31(30(34)29(26)33)23-13-9-7-11-19(23)4/h7-18,27,32H,6H2,1-5H3/b28-26+. The number of nitrogens with zero attached hydrogens (tertiary/aromatic N) is 1. The fraction of sp³-hybridized carbons (Fsp3) is 0.267. The van der Waals surface area contributed by atoms with Crippen molar-refractivity contribution in [3.05, 3.63) is 94.6 Å². The van der Waals surface area contributed by atoms with Crippen molar-refractivity contribution in [3.8, 4) is 11.5 Å². The molecule has 1 fully saturated rings. The van der Waals surface area contributed by atoms with Crippen molar-refractivity contribution in [2.45, 2.75) is 39.7 Å². The summed E-state index contributed by atoms with van der Waals surface area (Å²) >= 11 is 0. The molecule has 1 aliphatic rings. The van der Waals surface area contributed by atoms with Gasteiger partial charge in [0.1, 0.15) is 17.3 Å². The summed E-state index contributed by atoms with van der Waals surface area (Å²) in [5, 5.41) is 11.6. The maximum atomic E-state index is 13.5. The Labute approximate surface area is 211 Å². The number of amides is 1. The molecule has 0 aromatic heterocycles. The van der Waals surface area contributed by atoms with Gasteiger partial charge in [-0.05, 0) is 61.2 Å². The van der Waals surface area contributed by atoms with E-state index in [-0.39, 0.29) is 17.3 Å². The second-order valence-corrected chi connectivity index (χ2v) is 9.04. The number of anilines is 1. The molecule has 3 aromatic carbocycles. The zero-order chi connectivity index (χ0) is 26.0. The molecule has 6 heteroatoms. The van der Waals surface area contributed by atoms with Crippen molar-refractivity contribution in [1.29, 1.82) is 0 Å². The lowest BCUT2D eigenvalue weighted by Crippen LogP contribution is -2.30. The van der Waals surface area contributed by atoms with Gasteiger partial charge in [-0.25, -0.2) is 0 Å². The average molecular weight is 486 g/mol. The van der Waals surface area contributed by atoms with Crippen molar-refractivity contribution >= 4 is 23.1 Å². The third-order valence-corrected chi connectivity index (χ3v) is 6.46. The van der Waals surface area contributed by atoms with Crippen molar-refractivity contribution in [2.75, 3.05) is 18.6 Å². The van der Waals surface area contributed by atoms with E-state index in [1.807, 2.05) is 70.2 Å². The third-order valence-electron chi connectivity index (χ3n) is 6.46. The van der Waals surface area contributed by atoms with Gasteiger partial charge in [0.15, 0.2) is 0 Å². The van der Waals surface area contributed by atoms with Gasteiger partial charge in [0.25, 0.3) is 11.7 Å². The molecule has 1 saturated heterocycles. The number of para-hydroxylation sites is 2. The van der Waals surface area contributed by atoms with E-state index in [9.17, 15) is 14.7 Å². The Morgan fingerprint density at radius 2 is 1.69 bits per heavy atom. The van der Waals surface area contributed by atoms with Gasteiger partial charge >= 0.3 is 0 Å². The highest BCUT2D eigenvalue weighted by Crippen LogP contribution is 2.46. The molecule has 36 heavy (non-hydrogen) atoms. The summed E-state index contributed by atoms with van der Waals surface area (Å²) in [6.45, 7) is 8.38. The van der Waals surface area contributed by atoms with Gasteiger partial charge in [-0.1, -0.05) is 50.2 Å². The molecule has 0 saturated carbocycles. The highest BCUT2D eigenvalue weighted by molar-refractivity contribution is 6.51. The van der Waals surface area contributed by atoms with E-state index in [2.05, 4.69) is 0 Å². The maximum absolute atomic E-state index is 13.5. The molecule has 0 radical (unpaired) electrons. The van der Waals surface area contributed by atoms with Gasteiger partial charge in [-0.2, -0.15) is 0 Å². The van der Waals surface area contributed by atoms with Crippen LogP contribution >= 0.6 is 0 Å². The molecule has 6 nitrogen and oxygen atoms in total. The number of ether oxygens (including phenoxy) is 2. The Hall–Kier alpha value is -4.06. The van der Waals surface area contributed by atoms with Crippen molar-refractivity contribution < 1.29 is 24.2 Å². The zero-order valence-electron chi connectivity index (χ0n) is 21.2. The van der Waals surface area contributed by atoms with E-state index >= 15 is 0 Å². The fourth-order valence-electron chi connectivity index (χ4n) is 4.69. The predicted molar refractivity (Wildman–Crippen MR) is 141 cm³/mol. The number of rotatable bonds is 7. The highest BCUT2D eigenvalue weighted by Gasteiger charge is 2.48. The van der Waals surface area contributed by atoms with E-state index in [0.717, 1.165) is 16.9 Å². The minimum atomic E-state index is -0.865. The number of hydrogen-bond donors (Lipinski definition) is 1. The van der Waals surface area contributed by atoms with Crippen LogP contribution in [0.5, 0.6) is 11.5 Å². The molecule has 0 bridgehead atoms. The summed E-state index contributed by atoms with van der Waals surface area (Å²) in [6.07, 6.45) is 0. The quantitative estimate of drug-likeness (QED) is 0.247. The van der Waals surface area contributed by atoms with Gasteiger partial charge in [0, 0.05) is 16.8 Å². The monoisotopic (exact) mass is 485 g/mol. The predicted octanol–water partition coefficient (Wildman–Crippen LogP) is 6.15. The van der Waals surface area contributed by atoms with Gasteiger partial charge in [0.05, 0.1) is 25.3 Å². The molecule has 4 rings (SSSR count). The van der Waals surface area contributed by atoms with Gasteiger partial charge in [0.2, 0.25) is 0 Å². The van der Waals surface area contributed by atoms with Gasteiger partial charge in [-0.3, -0.25) is 14.5 Å². The van der Waals surface area contributed by atoms with E-state index in [1.54, 1.807) is 31.4 Å². The number of ketones is 1. The molecule has 1 amide bonds. The van der Waals surface area contributed by atoms with E-state index in [1.165, 1.54) is 4.90 Å². The Balaban J connectivity index is 1.98. The molecular formula is C30H31NO5. The number of aliphatic hydroxyl groups is 1. The minimum absolute atomic E-state index is 0.0200. The lowest BCUT2D eigenvalue weighted by molar-refractivity contribution is -0.132. The first-order valence-electron chi connectivity index (χ1n) is 12.1.